The molecule has 96 valence electrons. The van der Waals surface area contributed by atoms with Gasteiger partial charge in [0.2, 0.25) is 0 Å². The quantitative estimate of drug-likeness (QED) is 0.885. The van der Waals surface area contributed by atoms with Gasteiger partial charge in [0.1, 0.15) is 5.76 Å². The van der Waals surface area contributed by atoms with Crippen LogP contribution in [-0.4, -0.2) is 6.04 Å². The highest BCUT2D eigenvalue weighted by molar-refractivity contribution is 9.10. The molecule has 2 aromatic rings. The average molecular weight is 308 g/mol. The lowest BCUT2D eigenvalue weighted by Gasteiger charge is -2.18. The summed E-state index contributed by atoms with van der Waals surface area (Å²) < 4.78 is 6.49. The Morgan fingerprint density at radius 1 is 1.33 bits per heavy atom. The molecule has 1 heterocycles. The Labute approximate surface area is 117 Å². The van der Waals surface area contributed by atoms with E-state index in [2.05, 4.69) is 54.2 Å². The van der Waals surface area contributed by atoms with Crippen LogP contribution < -0.4 is 5.32 Å². The number of furan rings is 1. The Kier molecular flexibility index (Phi) is 4.12. The van der Waals surface area contributed by atoms with E-state index in [1.54, 1.807) is 6.26 Å². The monoisotopic (exact) mass is 307 g/mol. The summed E-state index contributed by atoms with van der Waals surface area (Å²) in [7, 11) is 0. The second kappa shape index (κ2) is 5.61. The first-order chi connectivity index (χ1) is 8.56. The lowest BCUT2D eigenvalue weighted by molar-refractivity contribution is 0.497. The van der Waals surface area contributed by atoms with E-state index < -0.39 is 0 Å². The fraction of sp³-hybridized carbons (Fsp3) is 0.333. The molecule has 0 saturated carbocycles. The summed E-state index contributed by atoms with van der Waals surface area (Å²) in [5.41, 5.74) is 3.69. The van der Waals surface area contributed by atoms with Crippen LogP contribution in [-0.2, 0) is 6.42 Å². The van der Waals surface area contributed by atoms with E-state index in [-0.39, 0.29) is 0 Å². The molecule has 0 radical (unpaired) electrons. The van der Waals surface area contributed by atoms with E-state index in [1.165, 1.54) is 16.8 Å². The SMILES string of the molecule is Cc1cc(C)c(NC(C)Cc2ccco2)c(Br)c1. The fourth-order valence-electron chi connectivity index (χ4n) is 2.13. The normalized spacial score (nSPS) is 12.4. The van der Waals surface area contributed by atoms with Gasteiger partial charge in [0.15, 0.2) is 0 Å². The summed E-state index contributed by atoms with van der Waals surface area (Å²) in [5, 5.41) is 3.54. The minimum absolute atomic E-state index is 0.328. The van der Waals surface area contributed by atoms with Crippen LogP contribution in [0, 0.1) is 13.8 Å². The maximum absolute atomic E-state index is 5.37. The van der Waals surface area contributed by atoms with Crippen molar-refractivity contribution in [3.8, 4) is 0 Å². The molecule has 2 nitrogen and oxygen atoms in total. The highest BCUT2D eigenvalue weighted by Crippen LogP contribution is 2.28. The van der Waals surface area contributed by atoms with Crippen LogP contribution in [0.3, 0.4) is 0 Å². The van der Waals surface area contributed by atoms with Gasteiger partial charge in [-0.1, -0.05) is 6.07 Å². The van der Waals surface area contributed by atoms with Crippen molar-refractivity contribution in [3.05, 3.63) is 51.9 Å². The summed E-state index contributed by atoms with van der Waals surface area (Å²) in [6.07, 6.45) is 2.60. The van der Waals surface area contributed by atoms with Gasteiger partial charge in [-0.3, -0.25) is 0 Å². The summed E-state index contributed by atoms with van der Waals surface area (Å²) in [5.74, 6) is 1.01. The Morgan fingerprint density at radius 2 is 2.11 bits per heavy atom. The van der Waals surface area contributed by atoms with E-state index in [0.29, 0.717) is 6.04 Å². The molecule has 0 amide bonds. The van der Waals surface area contributed by atoms with Gasteiger partial charge in [-0.15, -0.1) is 0 Å². The molecule has 0 spiro atoms. The van der Waals surface area contributed by atoms with Gasteiger partial charge in [0, 0.05) is 16.9 Å². The third-order valence-corrected chi connectivity index (χ3v) is 3.54. The van der Waals surface area contributed by atoms with Crippen molar-refractivity contribution in [2.75, 3.05) is 5.32 Å². The third-order valence-electron chi connectivity index (χ3n) is 2.91. The van der Waals surface area contributed by atoms with Gasteiger partial charge >= 0.3 is 0 Å². The fourth-order valence-corrected chi connectivity index (χ4v) is 2.91. The smallest absolute Gasteiger partial charge is 0.105 e. The molecule has 0 bridgehead atoms. The molecule has 18 heavy (non-hydrogen) atoms. The van der Waals surface area contributed by atoms with Crippen molar-refractivity contribution >= 4 is 21.6 Å². The van der Waals surface area contributed by atoms with Crippen molar-refractivity contribution in [2.24, 2.45) is 0 Å². The zero-order valence-electron chi connectivity index (χ0n) is 11.0. The van der Waals surface area contributed by atoms with Crippen LogP contribution in [0.5, 0.6) is 0 Å². The molecular formula is C15H18BrNO. The van der Waals surface area contributed by atoms with Gasteiger partial charge in [0.05, 0.1) is 12.0 Å². The number of halogens is 1. The molecule has 2 rings (SSSR count). The largest absolute Gasteiger partial charge is 0.469 e. The van der Waals surface area contributed by atoms with E-state index in [1.807, 2.05) is 12.1 Å². The molecule has 0 aliphatic heterocycles. The number of nitrogens with one attached hydrogen (secondary N) is 1. The van der Waals surface area contributed by atoms with E-state index in [0.717, 1.165) is 16.7 Å². The van der Waals surface area contributed by atoms with Crippen LogP contribution >= 0.6 is 15.9 Å². The second-order valence-electron chi connectivity index (χ2n) is 4.77. The van der Waals surface area contributed by atoms with Crippen molar-refractivity contribution in [1.29, 1.82) is 0 Å². The number of rotatable bonds is 4. The summed E-state index contributed by atoms with van der Waals surface area (Å²) in [6.45, 7) is 6.39. The molecular weight excluding hydrogens is 290 g/mol. The van der Waals surface area contributed by atoms with Crippen LogP contribution in [0.1, 0.15) is 23.8 Å². The number of anilines is 1. The molecule has 0 saturated heterocycles. The third kappa shape index (κ3) is 3.16. The topological polar surface area (TPSA) is 25.2 Å². The lowest BCUT2D eigenvalue weighted by atomic mass is 10.1. The first-order valence-corrected chi connectivity index (χ1v) is 6.91. The first kappa shape index (κ1) is 13.2. The van der Waals surface area contributed by atoms with E-state index >= 15 is 0 Å². The standard InChI is InChI=1S/C15H18BrNO/c1-10-7-11(2)15(14(16)8-10)17-12(3)9-13-5-4-6-18-13/h4-8,12,17H,9H2,1-3H3. The molecule has 1 aromatic carbocycles. The predicted molar refractivity (Wildman–Crippen MR) is 79.1 cm³/mol. The van der Waals surface area contributed by atoms with Gasteiger partial charge < -0.3 is 9.73 Å². The first-order valence-electron chi connectivity index (χ1n) is 6.12. The second-order valence-corrected chi connectivity index (χ2v) is 5.62. The maximum atomic E-state index is 5.37. The zero-order valence-corrected chi connectivity index (χ0v) is 12.5. The molecule has 1 unspecified atom stereocenters. The summed E-state index contributed by atoms with van der Waals surface area (Å²) in [6, 6.07) is 8.58. The van der Waals surface area contributed by atoms with Gasteiger partial charge in [-0.05, 0) is 66.0 Å². The highest BCUT2D eigenvalue weighted by Gasteiger charge is 2.10. The Bertz CT molecular complexity index is 496. The average Bonchev–Trinajstić information content (AvgIpc) is 2.76. The maximum Gasteiger partial charge on any atom is 0.105 e. The minimum Gasteiger partial charge on any atom is -0.469 e. The molecule has 0 aliphatic carbocycles. The highest BCUT2D eigenvalue weighted by atomic mass is 79.9. The van der Waals surface area contributed by atoms with Crippen LogP contribution in [0.4, 0.5) is 5.69 Å². The molecule has 1 N–H and O–H groups in total. The lowest BCUT2D eigenvalue weighted by Crippen LogP contribution is -2.18. The van der Waals surface area contributed by atoms with E-state index in [9.17, 15) is 0 Å². The van der Waals surface area contributed by atoms with Crippen molar-refractivity contribution in [1.82, 2.24) is 0 Å². The molecule has 3 heteroatoms. The summed E-state index contributed by atoms with van der Waals surface area (Å²) >= 11 is 3.62. The van der Waals surface area contributed by atoms with Gasteiger partial charge in [0.25, 0.3) is 0 Å². The molecule has 0 fully saturated rings. The van der Waals surface area contributed by atoms with Crippen molar-refractivity contribution in [2.45, 2.75) is 33.2 Å². The molecule has 1 atom stereocenters. The number of hydrogen-bond acceptors (Lipinski definition) is 2. The zero-order chi connectivity index (χ0) is 13.1. The van der Waals surface area contributed by atoms with E-state index in [4.69, 9.17) is 4.42 Å². The number of hydrogen-bond donors (Lipinski definition) is 1. The predicted octanol–water partition coefficient (Wildman–Crippen LogP) is 4.70. The van der Waals surface area contributed by atoms with Crippen molar-refractivity contribution in [3.63, 3.8) is 0 Å². The van der Waals surface area contributed by atoms with Crippen LogP contribution in [0.2, 0.25) is 0 Å². The van der Waals surface area contributed by atoms with Gasteiger partial charge in [-0.2, -0.15) is 0 Å². The number of aryl methyl sites for hydroxylation is 2. The Balaban J connectivity index is 2.09. The van der Waals surface area contributed by atoms with Crippen LogP contribution in [0.15, 0.2) is 39.4 Å². The van der Waals surface area contributed by atoms with Crippen molar-refractivity contribution < 1.29 is 4.42 Å². The number of benzene rings is 1. The Hall–Kier alpha value is -1.22. The molecule has 0 aliphatic rings. The van der Waals surface area contributed by atoms with Gasteiger partial charge in [-0.25, -0.2) is 0 Å². The minimum atomic E-state index is 0.328. The molecule has 1 aromatic heterocycles. The summed E-state index contributed by atoms with van der Waals surface area (Å²) in [4.78, 5) is 0. The van der Waals surface area contributed by atoms with Crippen LogP contribution in [0.25, 0.3) is 0 Å². The Morgan fingerprint density at radius 3 is 2.72 bits per heavy atom.